The van der Waals surface area contributed by atoms with E-state index in [1.165, 1.54) is 19.3 Å². The van der Waals surface area contributed by atoms with Crippen molar-refractivity contribution in [3.63, 3.8) is 0 Å². The first-order valence-corrected chi connectivity index (χ1v) is 13.5. The highest BCUT2D eigenvalue weighted by Crippen LogP contribution is 2.25. The predicted octanol–water partition coefficient (Wildman–Crippen LogP) is 4.61. The smallest absolute Gasteiger partial charge is 0.264 e. The average Bonchev–Trinajstić information content (AvgIpc) is 2.81. The number of amides is 1. The summed E-state index contributed by atoms with van der Waals surface area (Å²) in [7, 11) is -3.92. The third kappa shape index (κ3) is 6.95. The number of nitrogens with zero attached hydrogens (tertiary/aromatic N) is 2. The second-order valence-electron chi connectivity index (χ2n) is 8.60. The lowest BCUT2D eigenvalue weighted by Gasteiger charge is -2.35. The van der Waals surface area contributed by atoms with E-state index in [9.17, 15) is 13.2 Å². The quantitative estimate of drug-likeness (QED) is 0.492. The molecule has 0 spiro atoms. The summed E-state index contributed by atoms with van der Waals surface area (Å²) in [6, 6.07) is 13.7. The van der Waals surface area contributed by atoms with Gasteiger partial charge in [0.2, 0.25) is 5.91 Å². The molecule has 1 aliphatic heterocycles. The fourth-order valence-electron chi connectivity index (χ4n) is 4.27. The normalized spacial score (nSPS) is 17.0. The number of likely N-dealkylation sites (tertiary alicyclic amines) is 1. The Kier molecular flexibility index (Phi) is 9.18. The van der Waals surface area contributed by atoms with Crippen molar-refractivity contribution in [1.82, 2.24) is 10.2 Å². The molecule has 180 valence electrons. The van der Waals surface area contributed by atoms with E-state index >= 15 is 0 Å². The van der Waals surface area contributed by atoms with Crippen molar-refractivity contribution < 1.29 is 13.2 Å². The first kappa shape index (κ1) is 25.5. The van der Waals surface area contributed by atoms with Crippen molar-refractivity contribution in [2.75, 3.05) is 30.5 Å². The van der Waals surface area contributed by atoms with E-state index < -0.39 is 10.0 Å². The minimum Gasteiger partial charge on any atom is -0.354 e. The number of carbonyl (C=O) groups is 1. The minimum absolute atomic E-state index is 0.145. The first-order chi connectivity index (χ1) is 15.8. The van der Waals surface area contributed by atoms with Crippen molar-refractivity contribution >= 4 is 33.2 Å². The average molecular weight is 492 g/mol. The summed E-state index contributed by atoms with van der Waals surface area (Å²) in [4.78, 5) is 15.4. The number of benzene rings is 2. The van der Waals surface area contributed by atoms with Gasteiger partial charge >= 0.3 is 0 Å². The fourth-order valence-corrected chi connectivity index (χ4v) is 5.82. The van der Waals surface area contributed by atoms with Gasteiger partial charge in [-0.1, -0.05) is 42.6 Å². The maximum absolute atomic E-state index is 13.4. The number of aryl methyl sites for hydroxylation is 1. The molecule has 6 nitrogen and oxygen atoms in total. The Morgan fingerprint density at radius 2 is 1.82 bits per heavy atom. The lowest BCUT2D eigenvalue weighted by molar-refractivity contribution is -0.119. The van der Waals surface area contributed by atoms with Crippen LogP contribution in [0.2, 0.25) is 5.02 Å². The summed E-state index contributed by atoms with van der Waals surface area (Å²) in [5.41, 5.74) is 1.36. The van der Waals surface area contributed by atoms with Crippen molar-refractivity contribution in [2.45, 2.75) is 56.9 Å². The molecule has 1 aliphatic rings. The van der Waals surface area contributed by atoms with E-state index in [0.29, 0.717) is 23.3 Å². The first-order valence-electron chi connectivity index (χ1n) is 11.7. The Labute approximate surface area is 203 Å². The maximum atomic E-state index is 13.4. The second-order valence-corrected chi connectivity index (χ2v) is 10.9. The molecule has 1 unspecified atom stereocenters. The van der Waals surface area contributed by atoms with Crippen molar-refractivity contribution in [3.8, 4) is 0 Å². The monoisotopic (exact) mass is 491 g/mol. The van der Waals surface area contributed by atoms with Crippen LogP contribution in [0.3, 0.4) is 0 Å². The molecule has 0 aliphatic carbocycles. The van der Waals surface area contributed by atoms with Crippen molar-refractivity contribution in [3.05, 3.63) is 59.1 Å². The molecule has 0 bridgehead atoms. The number of hydrogen-bond acceptors (Lipinski definition) is 4. The summed E-state index contributed by atoms with van der Waals surface area (Å²) >= 11 is 5.99. The van der Waals surface area contributed by atoms with E-state index in [-0.39, 0.29) is 17.3 Å². The van der Waals surface area contributed by atoms with Gasteiger partial charge in [-0.05, 0) is 75.5 Å². The zero-order valence-corrected chi connectivity index (χ0v) is 21.0. The van der Waals surface area contributed by atoms with Gasteiger partial charge in [0.25, 0.3) is 10.0 Å². The SMILES string of the molecule is CCC1CCCCN1CCCNC(=O)CN(c1ccc(Cl)cc1)S(=O)(=O)c1ccc(C)cc1. The number of piperidine rings is 1. The molecule has 2 aromatic carbocycles. The summed E-state index contributed by atoms with van der Waals surface area (Å²) in [5, 5.41) is 3.40. The zero-order valence-electron chi connectivity index (χ0n) is 19.5. The van der Waals surface area contributed by atoms with Gasteiger partial charge in [-0.3, -0.25) is 9.10 Å². The second kappa shape index (κ2) is 11.9. The Hall–Kier alpha value is -2.09. The molecular formula is C25H34ClN3O3S. The highest BCUT2D eigenvalue weighted by molar-refractivity contribution is 7.92. The molecule has 0 saturated carbocycles. The lowest BCUT2D eigenvalue weighted by atomic mass is 10.00. The van der Waals surface area contributed by atoms with Crippen LogP contribution >= 0.6 is 11.6 Å². The lowest BCUT2D eigenvalue weighted by Crippen LogP contribution is -2.43. The van der Waals surface area contributed by atoms with Crippen LogP contribution in [-0.4, -0.2) is 51.4 Å². The molecule has 0 radical (unpaired) electrons. The molecular weight excluding hydrogens is 458 g/mol. The summed E-state index contributed by atoms with van der Waals surface area (Å²) in [6.45, 7) is 6.41. The number of nitrogens with one attached hydrogen (secondary N) is 1. The van der Waals surface area contributed by atoms with Crippen LogP contribution in [0, 0.1) is 6.92 Å². The van der Waals surface area contributed by atoms with E-state index in [2.05, 4.69) is 17.1 Å². The number of rotatable bonds is 10. The molecule has 2 aromatic rings. The highest BCUT2D eigenvalue weighted by Gasteiger charge is 2.27. The predicted molar refractivity (Wildman–Crippen MR) is 134 cm³/mol. The van der Waals surface area contributed by atoms with E-state index in [1.807, 2.05) is 6.92 Å². The fraction of sp³-hybridized carbons (Fsp3) is 0.480. The molecule has 33 heavy (non-hydrogen) atoms. The van der Waals surface area contributed by atoms with Gasteiger partial charge in [-0.15, -0.1) is 0 Å². The Morgan fingerprint density at radius 1 is 1.12 bits per heavy atom. The van der Waals surface area contributed by atoms with Crippen LogP contribution in [0.1, 0.15) is 44.6 Å². The standard InChI is InChI=1S/C25H34ClN3O3S/c1-3-22-7-4-5-17-28(22)18-6-16-27-25(30)19-29(23-12-10-21(26)11-13-23)33(31,32)24-14-8-20(2)9-15-24/h8-15,22H,3-7,16-19H2,1-2H3,(H,27,30). The summed E-state index contributed by atoms with van der Waals surface area (Å²) in [5.74, 6) is -0.327. The maximum Gasteiger partial charge on any atom is 0.264 e. The Morgan fingerprint density at radius 3 is 2.48 bits per heavy atom. The van der Waals surface area contributed by atoms with Crippen LogP contribution in [-0.2, 0) is 14.8 Å². The topological polar surface area (TPSA) is 69.7 Å². The Bertz CT molecular complexity index is 1010. The van der Waals surface area contributed by atoms with Gasteiger partial charge in [0.1, 0.15) is 6.54 Å². The number of hydrogen-bond donors (Lipinski definition) is 1. The van der Waals surface area contributed by atoms with Crippen LogP contribution in [0.25, 0.3) is 0 Å². The van der Waals surface area contributed by atoms with Crippen LogP contribution in [0.4, 0.5) is 5.69 Å². The van der Waals surface area contributed by atoms with Crippen LogP contribution in [0.15, 0.2) is 53.4 Å². The van der Waals surface area contributed by atoms with Crippen LogP contribution < -0.4 is 9.62 Å². The van der Waals surface area contributed by atoms with Gasteiger partial charge in [0.15, 0.2) is 0 Å². The molecule has 1 heterocycles. The third-order valence-corrected chi connectivity index (χ3v) is 8.22. The molecule has 1 atom stereocenters. The Balaban J connectivity index is 1.65. The molecule has 3 rings (SSSR count). The van der Waals surface area contributed by atoms with Gasteiger partial charge in [0, 0.05) is 24.2 Å². The molecule has 1 N–H and O–H groups in total. The molecule has 8 heteroatoms. The number of halogens is 1. The molecule has 0 aromatic heterocycles. The number of sulfonamides is 1. The summed E-state index contributed by atoms with van der Waals surface area (Å²) in [6.07, 6.45) is 5.76. The van der Waals surface area contributed by atoms with Gasteiger partial charge in [-0.25, -0.2) is 8.42 Å². The van der Waals surface area contributed by atoms with E-state index in [4.69, 9.17) is 11.6 Å². The third-order valence-electron chi connectivity index (χ3n) is 6.18. The largest absolute Gasteiger partial charge is 0.354 e. The molecule has 1 saturated heterocycles. The van der Waals surface area contributed by atoms with Crippen LogP contribution in [0.5, 0.6) is 0 Å². The van der Waals surface area contributed by atoms with Crippen molar-refractivity contribution in [1.29, 1.82) is 0 Å². The molecule has 1 amide bonds. The van der Waals surface area contributed by atoms with Gasteiger partial charge < -0.3 is 10.2 Å². The summed E-state index contributed by atoms with van der Waals surface area (Å²) < 4.78 is 27.9. The van der Waals surface area contributed by atoms with Gasteiger partial charge in [-0.2, -0.15) is 0 Å². The number of carbonyl (C=O) groups excluding carboxylic acids is 1. The zero-order chi connectivity index (χ0) is 23.8. The van der Waals surface area contributed by atoms with E-state index in [1.54, 1.807) is 48.5 Å². The van der Waals surface area contributed by atoms with Gasteiger partial charge in [0.05, 0.1) is 10.6 Å². The minimum atomic E-state index is -3.92. The number of anilines is 1. The van der Waals surface area contributed by atoms with Crippen molar-refractivity contribution in [2.24, 2.45) is 0 Å². The highest BCUT2D eigenvalue weighted by atomic mass is 35.5. The van der Waals surface area contributed by atoms with E-state index in [0.717, 1.165) is 35.8 Å². The molecule has 1 fully saturated rings.